The van der Waals surface area contributed by atoms with E-state index in [0.29, 0.717) is 0 Å². The summed E-state index contributed by atoms with van der Waals surface area (Å²) in [5.74, 6) is 0. The molecular formula is C24H27N. The minimum Gasteiger partial charge on any atom is -0.353 e. The Balaban J connectivity index is 1.99. The molecule has 1 aliphatic carbocycles. The van der Waals surface area contributed by atoms with Crippen LogP contribution in [-0.4, -0.2) is 5.54 Å². The van der Waals surface area contributed by atoms with E-state index in [0.717, 1.165) is 6.42 Å². The first-order chi connectivity index (χ1) is 11.8. The van der Waals surface area contributed by atoms with Crippen LogP contribution in [-0.2, 0) is 5.54 Å². The summed E-state index contributed by atoms with van der Waals surface area (Å²) in [6.07, 6.45) is 8.05. The molecule has 1 unspecified atom stereocenters. The fourth-order valence-corrected chi connectivity index (χ4v) is 4.91. The number of hydrogen-bond donors (Lipinski definition) is 0. The van der Waals surface area contributed by atoms with Gasteiger partial charge < -0.3 is 4.90 Å². The van der Waals surface area contributed by atoms with Crippen LogP contribution < -0.4 is 4.90 Å². The van der Waals surface area contributed by atoms with Gasteiger partial charge in [-0.15, -0.1) is 0 Å². The highest BCUT2D eigenvalue weighted by Crippen LogP contribution is 2.49. The summed E-state index contributed by atoms with van der Waals surface area (Å²) in [5, 5.41) is 0. The summed E-state index contributed by atoms with van der Waals surface area (Å²) in [4.78, 5) is 2.65. The zero-order valence-corrected chi connectivity index (χ0v) is 15.9. The van der Waals surface area contributed by atoms with Gasteiger partial charge in [0.2, 0.25) is 0 Å². The quantitative estimate of drug-likeness (QED) is 0.591. The number of aryl methyl sites for hydroxylation is 1. The van der Waals surface area contributed by atoms with Crippen molar-refractivity contribution in [2.45, 2.75) is 52.1 Å². The molecule has 2 aromatic carbocycles. The third-order valence-electron chi connectivity index (χ3n) is 5.81. The summed E-state index contributed by atoms with van der Waals surface area (Å²) >= 11 is 0. The highest BCUT2D eigenvalue weighted by atomic mass is 15.3. The van der Waals surface area contributed by atoms with Crippen LogP contribution in [0.1, 0.15) is 56.4 Å². The summed E-state index contributed by atoms with van der Waals surface area (Å²) in [7, 11) is 0. The predicted molar refractivity (Wildman–Crippen MR) is 109 cm³/mol. The first kappa shape index (κ1) is 16.2. The van der Waals surface area contributed by atoms with Gasteiger partial charge in [0.15, 0.2) is 0 Å². The average molecular weight is 329 g/mol. The van der Waals surface area contributed by atoms with E-state index in [2.05, 4.69) is 100 Å². The van der Waals surface area contributed by atoms with Gasteiger partial charge >= 0.3 is 0 Å². The van der Waals surface area contributed by atoms with Gasteiger partial charge in [0.1, 0.15) is 0 Å². The zero-order valence-electron chi connectivity index (χ0n) is 15.9. The van der Waals surface area contributed by atoms with Crippen molar-refractivity contribution in [3.05, 3.63) is 76.9 Å². The SMILES string of the molecule is CC1=CC(C)(C)N(C2(C)CC=Cc3ccccc32)c2cc(C)ccc21. The molecule has 2 aliphatic rings. The Morgan fingerprint density at radius 3 is 2.52 bits per heavy atom. The minimum atomic E-state index is -0.0609. The monoisotopic (exact) mass is 329 g/mol. The summed E-state index contributed by atoms with van der Waals surface area (Å²) < 4.78 is 0. The molecule has 2 aromatic rings. The van der Waals surface area contributed by atoms with Crippen molar-refractivity contribution in [2.75, 3.05) is 4.90 Å². The van der Waals surface area contributed by atoms with Gasteiger partial charge in [0, 0.05) is 11.3 Å². The van der Waals surface area contributed by atoms with Crippen LogP contribution in [0.5, 0.6) is 0 Å². The first-order valence-electron chi connectivity index (χ1n) is 9.20. The lowest BCUT2D eigenvalue weighted by molar-refractivity contribution is 0.361. The second-order valence-corrected chi connectivity index (χ2v) is 8.30. The Kier molecular flexibility index (Phi) is 3.47. The molecule has 0 N–H and O–H groups in total. The molecule has 0 fully saturated rings. The normalized spacial score (nSPS) is 23.7. The van der Waals surface area contributed by atoms with Crippen molar-refractivity contribution in [3.8, 4) is 0 Å². The van der Waals surface area contributed by atoms with Crippen LogP contribution >= 0.6 is 0 Å². The minimum absolute atomic E-state index is 0.0437. The van der Waals surface area contributed by atoms with Gasteiger partial charge in [-0.25, -0.2) is 0 Å². The van der Waals surface area contributed by atoms with E-state index in [1.54, 1.807) is 0 Å². The standard InChI is InChI=1S/C24H27N/c1-17-12-13-20-18(2)16-23(3,4)25(22(20)15-17)24(5)14-8-10-19-9-6-7-11-21(19)24/h6-13,15-16H,14H2,1-5H3. The van der Waals surface area contributed by atoms with Crippen LogP contribution in [0.15, 0.2) is 54.6 Å². The van der Waals surface area contributed by atoms with Crippen LogP contribution in [0.2, 0.25) is 0 Å². The molecule has 0 aromatic heterocycles. The Labute approximate surface area is 151 Å². The molecule has 4 rings (SSSR count). The predicted octanol–water partition coefficient (Wildman–Crippen LogP) is 6.33. The highest BCUT2D eigenvalue weighted by molar-refractivity contribution is 5.83. The molecule has 0 saturated heterocycles. The molecular weight excluding hydrogens is 302 g/mol. The third-order valence-corrected chi connectivity index (χ3v) is 5.81. The van der Waals surface area contributed by atoms with Gasteiger partial charge in [0.05, 0.1) is 11.1 Å². The molecule has 0 amide bonds. The highest BCUT2D eigenvalue weighted by Gasteiger charge is 2.45. The van der Waals surface area contributed by atoms with Crippen LogP contribution in [0.25, 0.3) is 11.6 Å². The van der Waals surface area contributed by atoms with Crippen LogP contribution in [0.4, 0.5) is 5.69 Å². The first-order valence-corrected chi connectivity index (χ1v) is 9.20. The van der Waals surface area contributed by atoms with Gasteiger partial charge in [-0.3, -0.25) is 0 Å². The maximum absolute atomic E-state index is 2.65. The Morgan fingerprint density at radius 1 is 0.960 bits per heavy atom. The molecule has 128 valence electrons. The van der Waals surface area contributed by atoms with Gasteiger partial charge in [0.25, 0.3) is 0 Å². The molecule has 1 heteroatoms. The van der Waals surface area contributed by atoms with Crippen LogP contribution in [0, 0.1) is 6.92 Å². The topological polar surface area (TPSA) is 3.24 Å². The summed E-state index contributed by atoms with van der Waals surface area (Å²) in [5.41, 5.74) is 8.07. The Hall–Kier alpha value is -2.28. The van der Waals surface area contributed by atoms with E-state index in [1.807, 2.05) is 0 Å². The molecule has 1 atom stereocenters. The maximum Gasteiger partial charge on any atom is 0.0674 e. The largest absolute Gasteiger partial charge is 0.353 e. The van der Waals surface area contributed by atoms with Crippen molar-refractivity contribution in [2.24, 2.45) is 0 Å². The molecule has 1 heterocycles. The Morgan fingerprint density at radius 2 is 1.72 bits per heavy atom. The van der Waals surface area contributed by atoms with Crippen LogP contribution in [0.3, 0.4) is 0 Å². The second-order valence-electron chi connectivity index (χ2n) is 8.30. The lowest BCUT2D eigenvalue weighted by Gasteiger charge is -2.55. The molecule has 0 spiro atoms. The molecule has 25 heavy (non-hydrogen) atoms. The van der Waals surface area contributed by atoms with Crippen molar-refractivity contribution in [1.29, 1.82) is 0 Å². The van der Waals surface area contributed by atoms with Crippen molar-refractivity contribution in [3.63, 3.8) is 0 Å². The van der Waals surface area contributed by atoms with E-state index >= 15 is 0 Å². The maximum atomic E-state index is 2.65. The molecule has 1 nitrogen and oxygen atoms in total. The number of fused-ring (bicyclic) bond motifs is 2. The number of nitrogens with zero attached hydrogens (tertiary/aromatic N) is 1. The van der Waals surface area contributed by atoms with Gasteiger partial charge in [-0.1, -0.05) is 54.6 Å². The molecule has 0 bridgehead atoms. The number of benzene rings is 2. The second kappa shape index (κ2) is 5.36. The van der Waals surface area contributed by atoms with Crippen molar-refractivity contribution < 1.29 is 0 Å². The lowest BCUT2D eigenvalue weighted by Crippen LogP contribution is -2.56. The number of hydrogen-bond acceptors (Lipinski definition) is 1. The van der Waals surface area contributed by atoms with Gasteiger partial charge in [-0.2, -0.15) is 0 Å². The molecule has 0 radical (unpaired) electrons. The third kappa shape index (κ3) is 2.37. The smallest absolute Gasteiger partial charge is 0.0674 e. The summed E-state index contributed by atoms with van der Waals surface area (Å²) in [6.45, 7) is 11.5. The summed E-state index contributed by atoms with van der Waals surface area (Å²) in [6, 6.07) is 15.7. The number of rotatable bonds is 1. The lowest BCUT2D eigenvalue weighted by atomic mass is 9.75. The fourth-order valence-electron chi connectivity index (χ4n) is 4.91. The average Bonchev–Trinajstić information content (AvgIpc) is 2.54. The molecule has 0 saturated carbocycles. The number of allylic oxidation sites excluding steroid dienone is 1. The van der Waals surface area contributed by atoms with E-state index in [-0.39, 0.29) is 11.1 Å². The fraction of sp³-hybridized carbons (Fsp3) is 0.333. The van der Waals surface area contributed by atoms with Crippen molar-refractivity contribution >= 4 is 17.3 Å². The Bertz CT molecular complexity index is 900. The van der Waals surface area contributed by atoms with E-state index in [9.17, 15) is 0 Å². The van der Waals surface area contributed by atoms with E-state index < -0.39 is 0 Å². The van der Waals surface area contributed by atoms with Crippen molar-refractivity contribution in [1.82, 2.24) is 0 Å². The number of anilines is 1. The van der Waals surface area contributed by atoms with E-state index in [4.69, 9.17) is 0 Å². The molecule has 1 aliphatic heterocycles. The van der Waals surface area contributed by atoms with E-state index in [1.165, 1.54) is 33.5 Å². The van der Waals surface area contributed by atoms with Gasteiger partial charge in [-0.05, 0) is 69.4 Å². The zero-order chi connectivity index (χ0) is 17.8.